The highest BCUT2D eigenvalue weighted by molar-refractivity contribution is 6.07. The first kappa shape index (κ1) is 16.8. The first-order valence-corrected chi connectivity index (χ1v) is 8.25. The number of oxime groups is 1. The summed E-state index contributed by atoms with van der Waals surface area (Å²) in [5.74, 6) is 0.323. The van der Waals surface area contributed by atoms with E-state index in [-0.39, 0.29) is 5.75 Å². The Balaban J connectivity index is 2.20. The molecular weight excluding hydrogens is 349 g/mol. The summed E-state index contributed by atoms with van der Waals surface area (Å²) in [6.45, 7) is 3.60. The maximum atomic E-state index is 14.0. The summed E-state index contributed by atoms with van der Waals surface area (Å²) in [5, 5.41) is 26.7. The van der Waals surface area contributed by atoms with Crippen molar-refractivity contribution in [3.63, 3.8) is 0 Å². The molecule has 0 saturated heterocycles. The van der Waals surface area contributed by atoms with E-state index in [1.54, 1.807) is 37.3 Å². The van der Waals surface area contributed by atoms with Crippen LogP contribution in [0.4, 0.5) is 4.39 Å². The van der Waals surface area contributed by atoms with Crippen molar-refractivity contribution in [2.45, 2.75) is 13.8 Å². The summed E-state index contributed by atoms with van der Waals surface area (Å²) in [5.41, 5.74) is 4.05. The van der Waals surface area contributed by atoms with Crippen LogP contribution in [-0.2, 0) is 0 Å². The predicted octanol–water partition coefficient (Wildman–Crippen LogP) is 4.56. The number of phenolic OH excluding ortho intramolecular Hbond substituents is 1. The Morgan fingerprint density at radius 2 is 1.89 bits per heavy atom. The lowest BCUT2D eigenvalue weighted by atomic mass is 10.0. The Morgan fingerprint density at radius 1 is 1.15 bits per heavy atom. The number of halogens is 1. The van der Waals surface area contributed by atoms with E-state index in [9.17, 15) is 14.7 Å². The molecule has 4 rings (SSSR count). The maximum Gasteiger partial charge on any atom is 0.143 e. The van der Waals surface area contributed by atoms with Crippen LogP contribution in [0.3, 0.4) is 0 Å². The molecule has 2 aromatic heterocycles. The van der Waals surface area contributed by atoms with E-state index in [2.05, 4.69) is 10.3 Å². The quantitative estimate of drug-likeness (QED) is 0.317. The van der Waals surface area contributed by atoms with Gasteiger partial charge in [0, 0.05) is 16.6 Å². The number of benzene rings is 2. The van der Waals surface area contributed by atoms with Crippen molar-refractivity contribution < 1.29 is 19.2 Å². The fraction of sp³-hybridized carbons (Fsp3) is 0.100. The lowest BCUT2D eigenvalue weighted by Gasteiger charge is -2.12. The molecule has 0 bridgehead atoms. The van der Waals surface area contributed by atoms with Gasteiger partial charge in [0.25, 0.3) is 0 Å². The minimum Gasteiger partial charge on any atom is -0.508 e. The van der Waals surface area contributed by atoms with Crippen LogP contribution >= 0.6 is 0 Å². The van der Waals surface area contributed by atoms with Gasteiger partial charge < -0.3 is 19.4 Å². The van der Waals surface area contributed by atoms with Crippen molar-refractivity contribution in [3.8, 4) is 22.7 Å². The summed E-state index contributed by atoms with van der Waals surface area (Å²) in [6.07, 6.45) is 1.28. The molecule has 0 aliphatic carbocycles. The number of hydrogen-bond donors (Lipinski definition) is 2. The second kappa shape index (κ2) is 6.28. The van der Waals surface area contributed by atoms with Crippen LogP contribution in [0.2, 0.25) is 0 Å². The van der Waals surface area contributed by atoms with E-state index >= 15 is 0 Å². The van der Waals surface area contributed by atoms with E-state index in [0.29, 0.717) is 33.6 Å². The number of rotatable bonds is 3. The highest BCUT2D eigenvalue weighted by Gasteiger charge is 2.24. The van der Waals surface area contributed by atoms with E-state index in [4.69, 9.17) is 4.52 Å². The van der Waals surface area contributed by atoms with Crippen molar-refractivity contribution in [3.05, 3.63) is 65.3 Å². The van der Waals surface area contributed by atoms with Crippen LogP contribution in [0.15, 0.2) is 52.1 Å². The van der Waals surface area contributed by atoms with E-state index in [1.165, 1.54) is 18.3 Å². The summed E-state index contributed by atoms with van der Waals surface area (Å²) < 4.78 is 21.2. The Bertz CT molecular complexity index is 1150. The zero-order chi connectivity index (χ0) is 19.1. The van der Waals surface area contributed by atoms with Gasteiger partial charge in [-0.25, -0.2) is 4.39 Å². The van der Waals surface area contributed by atoms with E-state index in [0.717, 1.165) is 11.3 Å². The molecule has 7 heteroatoms. The fourth-order valence-corrected chi connectivity index (χ4v) is 3.41. The third-order valence-electron chi connectivity index (χ3n) is 4.53. The number of aromatic nitrogens is 2. The monoisotopic (exact) mass is 365 g/mol. The van der Waals surface area contributed by atoms with Crippen molar-refractivity contribution in [1.29, 1.82) is 0 Å². The summed E-state index contributed by atoms with van der Waals surface area (Å²) >= 11 is 0. The van der Waals surface area contributed by atoms with Gasteiger partial charge in [0.2, 0.25) is 0 Å². The fourth-order valence-electron chi connectivity index (χ4n) is 3.41. The maximum absolute atomic E-state index is 14.0. The number of fused-ring (bicyclic) bond motifs is 1. The molecule has 0 spiro atoms. The summed E-state index contributed by atoms with van der Waals surface area (Å²) in [7, 11) is 0. The van der Waals surface area contributed by atoms with Crippen LogP contribution in [0, 0.1) is 19.7 Å². The molecule has 0 saturated carbocycles. The standard InChI is InChI=1S/C20H16FN3O3/c1-11-19(12(2)27-23-11)20-17(10-22-26)16-9-13(21)3-8-18(16)24(20)14-4-6-15(25)7-5-14/h3-10,25-26H,1-2H3. The molecule has 0 radical (unpaired) electrons. The summed E-state index contributed by atoms with van der Waals surface area (Å²) in [6, 6.07) is 11.1. The highest BCUT2D eigenvalue weighted by Crippen LogP contribution is 2.39. The molecule has 6 nitrogen and oxygen atoms in total. The molecule has 0 aliphatic rings. The molecule has 0 fully saturated rings. The van der Waals surface area contributed by atoms with Crippen LogP contribution in [0.25, 0.3) is 27.8 Å². The van der Waals surface area contributed by atoms with Gasteiger partial charge in [0.1, 0.15) is 17.3 Å². The van der Waals surface area contributed by atoms with Gasteiger partial charge in [0.05, 0.1) is 28.7 Å². The van der Waals surface area contributed by atoms with E-state index in [1.807, 2.05) is 11.5 Å². The third-order valence-corrected chi connectivity index (χ3v) is 4.53. The SMILES string of the molecule is Cc1noc(C)c1-c1c(C=NO)c2cc(F)ccc2n1-c1ccc(O)cc1. The molecule has 0 unspecified atom stereocenters. The Kier molecular flexibility index (Phi) is 3.92. The van der Waals surface area contributed by atoms with Crippen LogP contribution < -0.4 is 0 Å². The first-order chi connectivity index (χ1) is 13.0. The average Bonchev–Trinajstić information content (AvgIpc) is 3.13. The Morgan fingerprint density at radius 3 is 2.52 bits per heavy atom. The van der Waals surface area contributed by atoms with Gasteiger partial charge in [-0.1, -0.05) is 10.3 Å². The molecule has 0 aliphatic heterocycles. The van der Waals surface area contributed by atoms with Crippen molar-refractivity contribution in [2.24, 2.45) is 5.16 Å². The molecule has 0 amide bonds. The minimum atomic E-state index is -0.400. The van der Waals surface area contributed by atoms with Crippen LogP contribution in [0.5, 0.6) is 5.75 Å². The smallest absolute Gasteiger partial charge is 0.143 e. The third kappa shape index (κ3) is 2.64. The van der Waals surface area contributed by atoms with Gasteiger partial charge >= 0.3 is 0 Å². The van der Waals surface area contributed by atoms with Gasteiger partial charge in [-0.2, -0.15) is 0 Å². The molecule has 2 heterocycles. The number of aryl methyl sites for hydroxylation is 2. The van der Waals surface area contributed by atoms with Crippen molar-refractivity contribution >= 4 is 17.1 Å². The number of nitrogens with zero attached hydrogens (tertiary/aromatic N) is 3. The second-order valence-electron chi connectivity index (χ2n) is 6.22. The van der Waals surface area contributed by atoms with Crippen LogP contribution in [0.1, 0.15) is 17.0 Å². The topological polar surface area (TPSA) is 83.8 Å². The van der Waals surface area contributed by atoms with E-state index < -0.39 is 5.82 Å². The van der Waals surface area contributed by atoms with Crippen molar-refractivity contribution in [2.75, 3.05) is 0 Å². The molecule has 2 N–H and O–H groups in total. The largest absolute Gasteiger partial charge is 0.508 e. The van der Waals surface area contributed by atoms with Crippen molar-refractivity contribution in [1.82, 2.24) is 9.72 Å². The van der Waals surface area contributed by atoms with Gasteiger partial charge in [-0.05, 0) is 56.3 Å². The molecule has 136 valence electrons. The number of phenols is 1. The lowest BCUT2D eigenvalue weighted by molar-refractivity contribution is 0.322. The van der Waals surface area contributed by atoms with Gasteiger partial charge in [-0.3, -0.25) is 0 Å². The Labute approximate surface area is 153 Å². The normalized spacial score (nSPS) is 11.7. The molecule has 27 heavy (non-hydrogen) atoms. The van der Waals surface area contributed by atoms with Crippen LogP contribution in [-0.4, -0.2) is 26.3 Å². The first-order valence-electron chi connectivity index (χ1n) is 8.25. The molecular formula is C20H16FN3O3. The minimum absolute atomic E-state index is 0.136. The molecule has 2 aromatic carbocycles. The second-order valence-corrected chi connectivity index (χ2v) is 6.22. The predicted molar refractivity (Wildman–Crippen MR) is 99.2 cm³/mol. The van der Waals surface area contributed by atoms with Gasteiger partial charge in [-0.15, -0.1) is 0 Å². The lowest BCUT2D eigenvalue weighted by Crippen LogP contribution is -1.99. The average molecular weight is 365 g/mol. The molecule has 0 atom stereocenters. The number of aromatic hydroxyl groups is 1. The molecule has 4 aromatic rings. The Hall–Kier alpha value is -3.61. The van der Waals surface area contributed by atoms with Gasteiger partial charge in [0.15, 0.2) is 0 Å². The zero-order valence-corrected chi connectivity index (χ0v) is 14.6. The number of hydrogen-bond acceptors (Lipinski definition) is 5. The zero-order valence-electron chi connectivity index (χ0n) is 14.6. The highest BCUT2D eigenvalue weighted by atomic mass is 19.1. The summed E-state index contributed by atoms with van der Waals surface area (Å²) in [4.78, 5) is 0.